The molecule has 1 saturated heterocycles. The molecule has 5 nitrogen and oxygen atoms in total. The summed E-state index contributed by atoms with van der Waals surface area (Å²) in [6.07, 6.45) is 5.37. The number of benzene rings is 1. The molecular weight excluding hydrogens is 348 g/mol. The van der Waals surface area contributed by atoms with Crippen LogP contribution in [0, 0.1) is 5.92 Å². The zero-order valence-corrected chi connectivity index (χ0v) is 15.5. The Morgan fingerprint density at radius 3 is 2.62 bits per heavy atom. The number of carbonyl (C=O) groups excluding carboxylic acids is 2. The molecule has 2 aromatic rings. The summed E-state index contributed by atoms with van der Waals surface area (Å²) in [7, 11) is 0. The Bertz CT molecular complexity index is 695. The molecule has 6 heteroatoms. The van der Waals surface area contributed by atoms with Crippen LogP contribution in [-0.2, 0) is 4.79 Å². The molecule has 0 bridgehead atoms. The first-order chi connectivity index (χ1) is 12.7. The fraction of sp³-hybridized carbons (Fsp3) is 0.400. The molecule has 26 heavy (non-hydrogen) atoms. The van der Waals surface area contributed by atoms with Crippen molar-refractivity contribution in [2.24, 2.45) is 5.92 Å². The molecular formula is C20H24N2O3S. The van der Waals surface area contributed by atoms with Gasteiger partial charge in [0.2, 0.25) is 5.91 Å². The van der Waals surface area contributed by atoms with Crippen molar-refractivity contribution in [2.45, 2.75) is 24.2 Å². The third-order valence-corrected chi connectivity index (χ3v) is 5.61. The number of hydrogen-bond acceptors (Lipinski definition) is 4. The molecule has 0 saturated carbocycles. The number of hydrogen-bond donors (Lipinski definition) is 1. The average Bonchev–Trinajstić information content (AvgIpc) is 3.22. The highest BCUT2D eigenvalue weighted by Crippen LogP contribution is 2.19. The van der Waals surface area contributed by atoms with E-state index in [0.29, 0.717) is 24.4 Å². The van der Waals surface area contributed by atoms with Gasteiger partial charge >= 0.3 is 0 Å². The Hall–Kier alpha value is -2.21. The predicted molar refractivity (Wildman–Crippen MR) is 102 cm³/mol. The van der Waals surface area contributed by atoms with Crippen molar-refractivity contribution in [3.05, 3.63) is 54.5 Å². The van der Waals surface area contributed by atoms with E-state index in [1.807, 2.05) is 23.1 Å². The van der Waals surface area contributed by atoms with Crippen LogP contribution in [0.4, 0.5) is 0 Å². The molecule has 2 amide bonds. The van der Waals surface area contributed by atoms with Gasteiger partial charge in [-0.15, -0.1) is 11.8 Å². The topological polar surface area (TPSA) is 62.6 Å². The second kappa shape index (κ2) is 9.48. The van der Waals surface area contributed by atoms with E-state index in [4.69, 9.17) is 4.42 Å². The quantitative estimate of drug-likeness (QED) is 0.757. The second-order valence-corrected chi connectivity index (χ2v) is 7.63. The Labute approximate surface area is 158 Å². The summed E-state index contributed by atoms with van der Waals surface area (Å²) in [6, 6.07) is 11.8. The van der Waals surface area contributed by atoms with Crippen molar-refractivity contribution < 1.29 is 14.0 Å². The van der Waals surface area contributed by atoms with Gasteiger partial charge in [0, 0.05) is 36.7 Å². The second-order valence-electron chi connectivity index (χ2n) is 6.46. The SMILES string of the molecule is O=C(CCSc1ccccc1)NCC1CCN(C(=O)c2ccoc2)CC1. The van der Waals surface area contributed by atoms with Crippen LogP contribution in [0.25, 0.3) is 0 Å². The maximum absolute atomic E-state index is 12.3. The summed E-state index contributed by atoms with van der Waals surface area (Å²) in [6.45, 7) is 2.16. The van der Waals surface area contributed by atoms with Gasteiger partial charge in [0.15, 0.2) is 0 Å². The van der Waals surface area contributed by atoms with Crippen molar-refractivity contribution in [1.29, 1.82) is 0 Å². The van der Waals surface area contributed by atoms with Crippen LogP contribution in [0.2, 0.25) is 0 Å². The zero-order valence-electron chi connectivity index (χ0n) is 14.7. The van der Waals surface area contributed by atoms with Crippen LogP contribution in [0.1, 0.15) is 29.6 Å². The van der Waals surface area contributed by atoms with Gasteiger partial charge in [-0.05, 0) is 37.0 Å². The fourth-order valence-corrected chi connectivity index (χ4v) is 3.91. The molecule has 0 unspecified atom stereocenters. The van der Waals surface area contributed by atoms with Crippen LogP contribution in [0.3, 0.4) is 0 Å². The highest BCUT2D eigenvalue weighted by molar-refractivity contribution is 7.99. The average molecular weight is 372 g/mol. The highest BCUT2D eigenvalue weighted by atomic mass is 32.2. The first kappa shape index (κ1) is 18.6. The molecule has 0 atom stereocenters. The van der Waals surface area contributed by atoms with E-state index in [0.717, 1.165) is 31.7 Å². The van der Waals surface area contributed by atoms with Gasteiger partial charge in [0.25, 0.3) is 5.91 Å². The first-order valence-electron chi connectivity index (χ1n) is 8.98. The molecule has 0 aliphatic carbocycles. The van der Waals surface area contributed by atoms with Crippen molar-refractivity contribution in [2.75, 3.05) is 25.4 Å². The molecule has 2 heterocycles. The van der Waals surface area contributed by atoms with Crippen molar-refractivity contribution in [3.63, 3.8) is 0 Å². The predicted octanol–water partition coefficient (Wildman–Crippen LogP) is 3.43. The van der Waals surface area contributed by atoms with Crippen LogP contribution < -0.4 is 5.32 Å². The van der Waals surface area contributed by atoms with Crippen molar-refractivity contribution in [1.82, 2.24) is 10.2 Å². The van der Waals surface area contributed by atoms with Gasteiger partial charge in [-0.1, -0.05) is 18.2 Å². The van der Waals surface area contributed by atoms with Crippen LogP contribution >= 0.6 is 11.8 Å². The molecule has 1 fully saturated rings. The summed E-state index contributed by atoms with van der Waals surface area (Å²) in [5.74, 6) is 1.35. The third kappa shape index (κ3) is 5.39. The Morgan fingerprint density at radius 2 is 1.92 bits per heavy atom. The molecule has 1 aromatic carbocycles. The van der Waals surface area contributed by atoms with Gasteiger partial charge in [-0.3, -0.25) is 9.59 Å². The lowest BCUT2D eigenvalue weighted by Gasteiger charge is -2.31. The van der Waals surface area contributed by atoms with Crippen LogP contribution in [-0.4, -0.2) is 42.1 Å². The molecule has 1 aromatic heterocycles. The molecule has 138 valence electrons. The lowest BCUT2D eigenvalue weighted by atomic mass is 9.96. The monoisotopic (exact) mass is 372 g/mol. The van der Waals surface area contributed by atoms with E-state index in [1.165, 1.54) is 17.4 Å². The smallest absolute Gasteiger partial charge is 0.257 e. The lowest BCUT2D eigenvalue weighted by Crippen LogP contribution is -2.41. The van der Waals surface area contributed by atoms with E-state index < -0.39 is 0 Å². The number of carbonyl (C=O) groups is 2. The molecule has 1 N–H and O–H groups in total. The van der Waals surface area contributed by atoms with Crippen molar-refractivity contribution >= 4 is 23.6 Å². The Balaban J connectivity index is 1.31. The van der Waals surface area contributed by atoms with E-state index in [1.54, 1.807) is 17.8 Å². The van der Waals surface area contributed by atoms with E-state index in [-0.39, 0.29) is 11.8 Å². The van der Waals surface area contributed by atoms with Crippen LogP contribution in [0.5, 0.6) is 0 Å². The van der Waals surface area contributed by atoms with E-state index >= 15 is 0 Å². The van der Waals surface area contributed by atoms with E-state index in [2.05, 4.69) is 17.4 Å². The van der Waals surface area contributed by atoms with Gasteiger partial charge < -0.3 is 14.6 Å². The number of likely N-dealkylation sites (tertiary alicyclic amines) is 1. The maximum atomic E-state index is 12.3. The summed E-state index contributed by atoms with van der Waals surface area (Å²) < 4.78 is 4.98. The molecule has 3 rings (SSSR count). The number of rotatable bonds is 7. The fourth-order valence-electron chi connectivity index (χ4n) is 3.03. The number of thioether (sulfide) groups is 1. The standard InChI is InChI=1S/C20H24N2O3S/c23-19(9-13-26-18-4-2-1-3-5-18)21-14-16-6-10-22(11-7-16)20(24)17-8-12-25-15-17/h1-5,8,12,15-16H,6-7,9-11,13-14H2,(H,21,23). The van der Waals surface area contributed by atoms with Gasteiger partial charge in [0.05, 0.1) is 11.8 Å². The first-order valence-corrected chi connectivity index (χ1v) is 9.97. The highest BCUT2D eigenvalue weighted by Gasteiger charge is 2.24. The number of amides is 2. The normalized spacial score (nSPS) is 15.0. The minimum absolute atomic E-state index is 0.0270. The zero-order chi connectivity index (χ0) is 18.2. The minimum atomic E-state index is 0.0270. The van der Waals surface area contributed by atoms with Gasteiger partial charge in [0.1, 0.15) is 6.26 Å². The Morgan fingerprint density at radius 1 is 1.15 bits per heavy atom. The molecule has 1 aliphatic heterocycles. The van der Waals surface area contributed by atoms with Gasteiger partial charge in [-0.25, -0.2) is 0 Å². The largest absolute Gasteiger partial charge is 0.472 e. The summed E-state index contributed by atoms with van der Waals surface area (Å²) in [5.41, 5.74) is 0.604. The van der Waals surface area contributed by atoms with Crippen molar-refractivity contribution in [3.8, 4) is 0 Å². The minimum Gasteiger partial charge on any atom is -0.472 e. The molecule has 1 aliphatic rings. The number of furan rings is 1. The summed E-state index contributed by atoms with van der Waals surface area (Å²) >= 11 is 1.70. The maximum Gasteiger partial charge on any atom is 0.257 e. The van der Waals surface area contributed by atoms with Gasteiger partial charge in [-0.2, -0.15) is 0 Å². The molecule has 0 radical (unpaired) electrons. The summed E-state index contributed by atoms with van der Waals surface area (Å²) in [4.78, 5) is 27.3. The number of nitrogens with zero attached hydrogens (tertiary/aromatic N) is 1. The third-order valence-electron chi connectivity index (χ3n) is 4.60. The van der Waals surface area contributed by atoms with Crippen LogP contribution in [0.15, 0.2) is 58.2 Å². The number of piperidine rings is 1. The lowest BCUT2D eigenvalue weighted by molar-refractivity contribution is -0.120. The molecule has 0 spiro atoms. The van der Waals surface area contributed by atoms with E-state index in [9.17, 15) is 9.59 Å². The summed E-state index contributed by atoms with van der Waals surface area (Å²) in [5, 5.41) is 3.04. The Kier molecular flexibility index (Phi) is 6.77. The number of nitrogens with one attached hydrogen (secondary N) is 1.